The molecule has 0 aromatic heterocycles. The van der Waals surface area contributed by atoms with Gasteiger partial charge in [-0.25, -0.2) is 0 Å². The summed E-state index contributed by atoms with van der Waals surface area (Å²) in [6, 6.07) is 7.18. The third-order valence-electron chi connectivity index (χ3n) is 3.58. The summed E-state index contributed by atoms with van der Waals surface area (Å²) in [6.45, 7) is 0. The summed E-state index contributed by atoms with van der Waals surface area (Å²) in [5.74, 6) is -1.56. The maximum atomic E-state index is 11.6. The number of rotatable bonds is 5. The summed E-state index contributed by atoms with van der Waals surface area (Å²) in [7, 11) is 1.33. The number of hydrogen-bond donors (Lipinski definition) is 1. The second-order valence-electron chi connectivity index (χ2n) is 5.06. The molecule has 110 valence electrons. The maximum absolute atomic E-state index is 11.6. The molecular weight excluding hydrogens is 280 g/mol. The highest BCUT2D eigenvalue weighted by atomic mass is 35.5. The molecule has 20 heavy (non-hydrogen) atoms. The molecule has 1 aromatic carbocycles. The number of esters is 1. The Morgan fingerprint density at radius 2 is 2.05 bits per heavy atom. The summed E-state index contributed by atoms with van der Waals surface area (Å²) in [5.41, 5.74) is 0.694. The normalized spacial score (nSPS) is 18.8. The Morgan fingerprint density at radius 3 is 2.65 bits per heavy atom. The highest BCUT2D eigenvalue weighted by Gasteiger charge is 2.36. The smallest absolute Gasteiger partial charge is 0.308 e. The summed E-state index contributed by atoms with van der Waals surface area (Å²) in [5, 5.41) is 10.9. The Bertz CT molecular complexity index is 469. The van der Waals surface area contributed by atoms with Crippen LogP contribution in [-0.4, -0.2) is 24.0 Å². The molecule has 1 aliphatic rings. The third-order valence-corrected chi connectivity index (χ3v) is 3.92. The van der Waals surface area contributed by atoms with Gasteiger partial charge in [-0.2, -0.15) is 0 Å². The first-order valence-electron chi connectivity index (χ1n) is 6.75. The zero-order valence-corrected chi connectivity index (χ0v) is 12.2. The van der Waals surface area contributed by atoms with E-state index in [1.807, 2.05) is 12.1 Å². The predicted molar refractivity (Wildman–Crippen MR) is 75.3 cm³/mol. The lowest BCUT2D eigenvalue weighted by atomic mass is 10.1. The number of aliphatic hydroxyl groups is 1. The second kappa shape index (κ2) is 6.57. The van der Waals surface area contributed by atoms with Crippen molar-refractivity contribution in [3.63, 3.8) is 0 Å². The van der Waals surface area contributed by atoms with Crippen molar-refractivity contribution in [2.24, 2.45) is 0 Å². The van der Waals surface area contributed by atoms with Gasteiger partial charge in [-0.3, -0.25) is 4.79 Å². The van der Waals surface area contributed by atoms with E-state index in [-0.39, 0.29) is 6.42 Å². The van der Waals surface area contributed by atoms with E-state index in [0.717, 1.165) is 12.8 Å². The van der Waals surface area contributed by atoms with E-state index in [1.54, 1.807) is 12.1 Å². The standard InChI is InChI=1S/C15H19ClO4/c1-19-14(17)10-13(11-6-2-3-7-12(11)16)20-15(18)8-4-5-9-15/h2-3,6-7,13,18H,4-5,8-10H2,1H3. The Hall–Kier alpha value is -1.10. The molecule has 2 rings (SSSR count). The van der Waals surface area contributed by atoms with Crippen LogP contribution >= 0.6 is 11.6 Å². The van der Waals surface area contributed by atoms with Crippen LogP contribution in [0.5, 0.6) is 0 Å². The highest BCUT2D eigenvalue weighted by Crippen LogP contribution is 2.38. The van der Waals surface area contributed by atoms with Gasteiger partial charge in [-0.05, 0) is 18.9 Å². The van der Waals surface area contributed by atoms with Crippen LogP contribution in [0.2, 0.25) is 5.02 Å². The lowest BCUT2D eigenvalue weighted by Gasteiger charge is -2.29. The average Bonchev–Trinajstić information content (AvgIpc) is 2.85. The van der Waals surface area contributed by atoms with E-state index in [0.29, 0.717) is 23.4 Å². The number of hydrogen-bond acceptors (Lipinski definition) is 4. The third kappa shape index (κ3) is 3.72. The highest BCUT2D eigenvalue weighted by molar-refractivity contribution is 6.31. The average molecular weight is 299 g/mol. The lowest BCUT2D eigenvalue weighted by molar-refractivity contribution is -0.229. The van der Waals surface area contributed by atoms with Crippen LogP contribution in [0, 0.1) is 0 Å². The summed E-state index contributed by atoms with van der Waals surface area (Å²) in [6.07, 6.45) is 2.43. The van der Waals surface area contributed by atoms with Gasteiger partial charge >= 0.3 is 5.97 Å². The van der Waals surface area contributed by atoms with E-state index in [2.05, 4.69) is 0 Å². The van der Waals surface area contributed by atoms with E-state index < -0.39 is 17.9 Å². The molecule has 1 N–H and O–H groups in total. The van der Waals surface area contributed by atoms with Crippen molar-refractivity contribution in [3.05, 3.63) is 34.9 Å². The Morgan fingerprint density at radius 1 is 1.40 bits per heavy atom. The number of methoxy groups -OCH3 is 1. The fourth-order valence-corrected chi connectivity index (χ4v) is 2.75. The van der Waals surface area contributed by atoms with Crippen molar-refractivity contribution in [1.29, 1.82) is 0 Å². The van der Waals surface area contributed by atoms with Gasteiger partial charge in [0.05, 0.1) is 19.6 Å². The van der Waals surface area contributed by atoms with E-state index in [1.165, 1.54) is 7.11 Å². The molecule has 1 aromatic rings. The molecule has 5 heteroatoms. The van der Waals surface area contributed by atoms with Gasteiger partial charge in [0.25, 0.3) is 0 Å². The minimum Gasteiger partial charge on any atom is -0.469 e. The number of carbonyl (C=O) groups is 1. The molecule has 0 radical (unpaired) electrons. The van der Waals surface area contributed by atoms with Crippen molar-refractivity contribution in [3.8, 4) is 0 Å². The first-order valence-corrected chi connectivity index (χ1v) is 7.13. The zero-order valence-electron chi connectivity index (χ0n) is 11.5. The fourth-order valence-electron chi connectivity index (χ4n) is 2.50. The van der Waals surface area contributed by atoms with Crippen LogP contribution < -0.4 is 0 Å². The van der Waals surface area contributed by atoms with Gasteiger partial charge in [0.1, 0.15) is 0 Å². The monoisotopic (exact) mass is 298 g/mol. The van der Waals surface area contributed by atoms with Crippen molar-refractivity contribution in [2.75, 3.05) is 7.11 Å². The molecule has 1 saturated carbocycles. The quantitative estimate of drug-likeness (QED) is 0.670. The number of benzene rings is 1. The van der Waals surface area contributed by atoms with Gasteiger partial charge in [0.15, 0.2) is 5.79 Å². The van der Waals surface area contributed by atoms with Crippen LogP contribution in [0.1, 0.15) is 43.8 Å². The Kier molecular flexibility index (Phi) is 5.02. The molecule has 0 aliphatic heterocycles. The molecule has 4 nitrogen and oxygen atoms in total. The van der Waals surface area contributed by atoms with Crippen molar-refractivity contribution in [1.82, 2.24) is 0 Å². The number of halogens is 1. The van der Waals surface area contributed by atoms with Gasteiger partial charge in [-0.15, -0.1) is 0 Å². The fraction of sp³-hybridized carbons (Fsp3) is 0.533. The van der Waals surface area contributed by atoms with Crippen molar-refractivity contribution < 1.29 is 19.4 Å². The molecule has 0 heterocycles. The topological polar surface area (TPSA) is 55.8 Å². The Labute approximate surface area is 123 Å². The van der Waals surface area contributed by atoms with Crippen LogP contribution in [0.4, 0.5) is 0 Å². The molecule has 1 aliphatic carbocycles. The molecule has 0 spiro atoms. The maximum Gasteiger partial charge on any atom is 0.308 e. The number of ether oxygens (including phenoxy) is 2. The van der Waals surface area contributed by atoms with Crippen LogP contribution in [0.25, 0.3) is 0 Å². The SMILES string of the molecule is COC(=O)CC(OC1(O)CCCC1)c1ccccc1Cl. The molecular formula is C15H19ClO4. The van der Waals surface area contributed by atoms with Gasteiger partial charge in [-0.1, -0.05) is 29.8 Å². The minimum atomic E-state index is -1.17. The van der Waals surface area contributed by atoms with Gasteiger partial charge in [0.2, 0.25) is 0 Å². The zero-order chi connectivity index (χ0) is 14.6. The van der Waals surface area contributed by atoms with E-state index in [9.17, 15) is 9.90 Å². The molecule has 0 amide bonds. The molecule has 0 bridgehead atoms. The van der Waals surface area contributed by atoms with Crippen LogP contribution in [0.3, 0.4) is 0 Å². The predicted octanol–water partition coefficient (Wildman–Crippen LogP) is 3.22. The molecule has 1 unspecified atom stereocenters. The first-order chi connectivity index (χ1) is 9.54. The lowest BCUT2D eigenvalue weighted by Crippen LogP contribution is -2.31. The van der Waals surface area contributed by atoms with Gasteiger partial charge < -0.3 is 14.6 Å². The van der Waals surface area contributed by atoms with Crippen molar-refractivity contribution in [2.45, 2.75) is 44.0 Å². The molecule has 1 fully saturated rings. The Balaban J connectivity index is 2.20. The van der Waals surface area contributed by atoms with Crippen molar-refractivity contribution >= 4 is 17.6 Å². The van der Waals surface area contributed by atoms with Crippen LogP contribution in [-0.2, 0) is 14.3 Å². The summed E-state index contributed by atoms with van der Waals surface area (Å²) in [4.78, 5) is 11.6. The van der Waals surface area contributed by atoms with E-state index >= 15 is 0 Å². The van der Waals surface area contributed by atoms with Gasteiger partial charge in [0, 0.05) is 23.4 Å². The number of carbonyl (C=O) groups excluding carboxylic acids is 1. The van der Waals surface area contributed by atoms with E-state index in [4.69, 9.17) is 21.1 Å². The minimum absolute atomic E-state index is 0.0303. The molecule has 0 saturated heterocycles. The summed E-state index contributed by atoms with van der Waals surface area (Å²) >= 11 is 6.16. The van der Waals surface area contributed by atoms with Crippen LogP contribution in [0.15, 0.2) is 24.3 Å². The second-order valence-corrected chi connectivity index (χ2v) is 5.47. The largest absolute Gasteiger partial charge is 0.469 e. The first kappa shape index (κ1) is 15.3. The molecule has 1 atom stereocenters. The summed E-state index contributed by atoms with van der Waals surface area (Å²) < 4.78 is 10.5.